The number of hydrogen-bond acceptors (Lipinski definition) is 4. The van der Waals surface area contributed by atoms with Crippen LogP contribution in [0.5, 0.6) is 0 Å². The van der Waals surface area contributed by atoms with Gasteiger partial charge in [0.2, 0.25) is 0 Å². The lowest BCUT2D eigenvalue weighted by molar-refractivity contribution is -0.143. The van der Waals surface area contributed by atoms with Crippen LogP contribution in [0.2, 0.25) is 0 Å². The Morgan fingerprint density at radius 3 is 1.83 bits per heavy atom. The molecular weight excluding hydrogens is 232 g/mol. The predicted octanol–water partition coefficient (Wildman–Crippen LogP) is 3.05. The topological polar surface area (TPSA) is 52.6 Å². The van der Waals surface area contributed by atoms with Crippen molar-refractivity contribution in [1.29, 1.82) is 0 Å². The van der Waals surface area contributed by atoms with E-state index in [4.69, 9.17) is 4.74 Å². The van der Waals surface area contributed by atoms with Crippen molar-refractivity contribution < 1.29 is 19.1 Å². The summed E-state index contributed by atoms with van der Waals surface area (Å²) in [6.07, 6.45) is 2.77. The molecule has 0 aliphatic heterocycles. The van der Waals surface area contributed by atoms with Gasteiger partial charge in [-0.3, -0.25) is 9.59 Å². The van der Waals surface area contributed by atoms with E-state index in [-0.39, 0.29) is 42.5 Å². The highest BCUT2D eigenvalue weighted by atomic mass is 16.5. The van der Waals surface area contributed by atoms with Crippen LogP contribution in [0.3, 0.4) is 0 Å². The number of rotatable bonds is 8. The van der Waals surface area contributed by atoms with Gasteiger partial charge in [0.05, 0.1) is 12.5 Å². The molecule has 0 saturated carbocycles. The number of ether oxygens (including phenoxy) is 2. The van der Waals surface area contributed by atoms with Gasteiger partial charge < -0.3 is 9.47 Å². The Morgan fingerprint density at radius 1 is 1.00 bits per heavy atom. The SMILES string of the molecule is C=COC(=O)CC(C)C(CC(=O)OC=C)C(C)C. The van der Waals surface area contributed by atoms with Crippen LogP contribution in [0, 0.1) is 17.8 Å². The first-order valence-electron chi connectivity index (χ1n) is 6.03. The Hall–Kier alpha value is -1.58. The Morgan fingerprint density at radius 2 is 1.44 bits per heavy atom. The van der Waals surface area contributed by atoms with Gasteiger partial charge in [0.25, 0.3) is 0 Å². The van der Waals surface area contributed by atoms with E-state index in [1.165, 1.54) is 0 Å². The number of carbonyl (C=O) groups is 2. The molecule has 0 bridgehead atoms. The zero-order valence-electron chi connectivity index (χ0n) is 11.3. The van der Waals surface area contributed by atoms with Gasteiger partial charge in [-0.1, -0.05) is 33.9 Å². The van der Waals surface area contributed by atoms with Crippen LogP contribution in [0.1, 0.15) is 33.6 Å². The van der Waals surface area contributed by atoms with Crippen LogP contribution < -0.4 is 0 Å². The Kier molecular flexibility index (Phi) is 7.76. The quantitative estimate of drug-likeness (QED) is 0.493. The molecule has 0 amide bonds. The highest BCUT2D eigenvalue weighted by Crippen LogP contribution is 2.27. The molecule has 0 saturated heterocycles. The van der Waals surface area contributed by atoms with Gasteiger partial charge >= 0.3 is 11.9 Å². The average molecular weight is 254 g/mol. The summed E-state index contributed by atoms with van der Waals surface area (Å²) in [5.41, 5.74) is 0. The molecule has 2 unspecified atom stereocenters. The van der Waals surface area contributed by atoms with E-state index in [1.54, 1.807) is 0 Å². The summed E-state index contributed by atoms with van der Waals surface area (Å²) in [6, 6.07) is 0. The molecule has 0 aliphatic carbocycles. The third kappa shape index (κ3) is 6.23. The molecular formula is C14H22O4. The van der Waals surface area contributed by atoms with Crippen molar-refractivity contribution in [2.45, 2.75) is 33.6 Å². The molecule has 18 heavy (non-hydrogen) atoms. The minimum Gasteiger partial charge on any atom is -0.435 e. The first kappa shape index (κ1) is 16.4. The molecule has 0 fully saturated rings. The maximum Gasteiger partial charge on any atom is 0.310 e. The summed E-state index contributed by atoms with van der Waals surface area (Å²) in [4.78, 5) is 22.8. The monoisotopic (exact) mass is 254 g/mol. The summed E-state index contributed by atoms with van der Waals surface area (Å²) < 4.78 is 9.41. The van der Waals surface area contributed by atoms with E-state index in [0.29, 0.717) is 0 Å². The summed E-state index contributed by atoms with van der Waals surface area (Å²) in [5.74, 6) is -0.286. The van der Waals surface area contributed by atoms with Gasteiger partial charge in [-0.25, -0.2) is 0 Å². The molecule has 102 valence electrons. The van der Waals surface area contributed by atoms with E-state index in [9.17, 15) is 9.59 Å². The highest BCUT2D eigenvalue weighted by Gasteiger charge is 2.26. The van der Waals surface area contributed by atoms with Crippen LogP contribution in [0.25, 0.3) is 0 Å². The van der Waals surface area contributed by atoms with Crippen molar-refractivity contribution in [3.8, 4) is 0 Å². The maximum absolute atomic E-state index is 11.4. The van der Waals surface area contributed by atoms with Gasteiger partial charge in [0.15, 0.2) is 0 Å². The van der Waals surface area contributed by atoms with Crippen LogP contribution >= 0.6 is 0 Å². The minimum atomic E-state index is -0.333. The first-order valence-corrected chi connectivity index (χ1v) is 6.03. The van der Waals surface area contributed by atoms with Gasteiger partial charge in [0, 0.05) is 12.8 Å². The van der Waals surface area contributed by atoms with Crippen molar-refractivity contribution >= 4 is 11.9 Å². The lowest BCUT2D eigenvalue weighted by Crippen LogP contribution is -2.24. The number of carbonyl (C=O) groups excluding carboxylic acids is 2. The fraction of sp³-hybridized carbons (Fsp3) is 0.571. The molecule has 0 aromatic rings. The Bertz CT molecular complexity index is 307. The molecule has 0 spiro atoms. The van der Waals surface area contributed by atoms with E-state index < -0.39 is 0 Å². The lowest BCUT2D eigenvalue weighted by Gasteiger charge is -2.25. The molecule has 0 N–H and O–H groups in total. The molecule has 4 nitrogen and oxygen atoms in total. The zero-order valence-corrected chi connectivity index (χ0v) is 11.3. The van der Waals surface area contributed by atoms with Gasteiger partial charge in [-0.05, 0) is 17.8 Å². The molecule has 0 radical (unpaired) electrons. The normalized spacial score (nSPS) is 13.6. The number of hydrogen-bond donors (Lipinski definition) is 0. The molecule has 0 heterocycles. The fourth-order valence-electron chi connectivity index (χ4n) is 1.98. The Balaban J connectivity index is 4.48. The van der Waals surface area contributed by atoms with Crippen molar-refractivity contribution in [3.05, 3.63) is 25.7 Å². The molecule has 0 aromatic heterocycles. The van der Waals surface area contributed by atoms with E-state index in [0.717, 1.165) is 12.5 Å². The van der Waals surface area contributed by atoms with Gasteiger partial charge in [-0.15, -0.1) is 0 Å². The summed E-state index contributed by atoms with van der Waals surface area (Å²) in [7, 11) is 0. The second kappa shape index (κ2) is 8.50. The van der Waals surface area contributed by atoms with Gasteiger partial charge in [-0.2, -0.15) is 0 Å². The largest absolute Gasteiger partial charge is 0.435 e. The maximum atomic E-state index is 11.4. The smallest absolute Gasteiger partial charge is 0.310 e. The third-order valence-electron chi connectivity index (χ3n) is 2.91. The van der Waals surface area contributed by atoms with Gasteiger partial charge in [0.1, 0.15) is 0 Å². The van der Waals surface area contributed by atoms with Crippen LogP contribution in [0.15, 0.2) is 25.7 Å². The van der Waals surface area contributed by atoms with E-state index >= 15 is 0 Å². The molecule has 4 heteroatoms. The van der Waals surface area contributed by atoms with E-state index in [1.807, 2.05) is 20.8 Å². The standard InChI is InChI=1S/C14H22O4/c1-6-17-13(15)8-11(5)12(10(3)4)9-14(16)18-7-2/h6-7,10-12H,1-2,8-9H2,3-5H3. The first-order chi connectivity index (χ1) is 8.42. The molecule has 0 aromatic carbocycles. The molecule has 0 rings (SSSR count). The third-order valence-corrected chi connectivity index (χ3v) is 2.91. The predicted molar refractivity (Wildman–Crippen MR) is 69.3 cm³/mol. The second-order valence-electron chi connectivity index (χ2n) is 4.61. The van der Waals surface area contributed by atoms with Crippen LogP contribution in [0.4, 0.5) is 0 Å². The van der Waals surface area contributed by atoms with Crippen molar-refractivity contribution in [1.82, 2.24) is 0 Å². The molecule has 0 aliphatic rings. The Labute approximate surface area is 109 Å². The van der Waals surface area contributed by atoms with E-state index in [2.05, 4.69) is 17.9 Å². The minimum absolute atomic E-state index is 0.0369. The summed E-state index contributed by atoms with van der Waals surface area (Å²) >= 11 is 0. The summed E-state index contributed by atoms with van der Waals surface area (Å²) in [5, 5.41) is 0. The average Bonchev–Trinajstić information content (AvgIpc) is 2.25. The van der Waals surface area contributed by atoms with Crippen molar-refractivity contribution in [2.24, 2.45) is 17.8 Å². The zero-order chi connectivity index (χ0) is 14.1. The highest BCUT2D eigenvalue weighted by molar-refractivity contribution is 5.71. The van der Waals surface area contributed by atoms with Crippen molar-refractivity contribution in [3.63, 3.8) is 0 Å². The molecule has 2 atom stereocenters. The lowest BCUT2D eigenvalue weighted by atomic mass is 9.80. The van der Waals surface area contributed by atoms with Crippen LogP contribution in [-0.4, -0.2) is 11.9 Å². The second-order valence-corrected chi connectivity index (χ2v) is 4.61. The van der Waals surface area contributed by atoms with Crippen LogP contribution in [-0.2, 0) is 19.1 Å². The van der Waals surface area contributed by atoms with Crippen molar-refractivity contribution in [2.75, 3.05) is 0 Å². The summed E-state index contributed by atoms with van der Waals surface area (Å²) in [6.45, 7) is 12.6. The number of esters is 2. The fourth-order valence-corrected chi connectivity index (χ4v) is 1.98.